The summed E-state index contributed by atoms with van der Waals surface area (Å²) in [5.41, 5.74) is -2.15. The average molecular weight is 514 g/mol. The molecular formula is C25H25F2N5O3S. The van der Waals surface area contributed by atoms with Gasteiger partial charge >= 0.3 is 0 Å². The fourth-order valence-electron chi connectivity index (χ4n) is 5.22. The third kappa shape index (κ3) is 3.86. The van der Waals surface area contributed by atoms with E-state index < -0.39 is 34.4 Å². The number of pyridine rings is 1. The highest BCUT2D eigenvalue weighted by Crippen LogP contribution is 2.45. The normalized spacial score (nSPS) is 21.0. The lowest BCUT2D eigenvalue weighted by Gasteiger charge is -2.54. The monoisotopic (exact) mass is 513 g/mol. The van der Waals surface area contributed by atoms with Crippen LogP contribution in [0.5, 0.6) is 5.75 Å². The van der Waals surface area contributed by atoms with Gasteiger partial charge in [0, 0.05) is 32.3 Å². The molecule has 2 unspecified atom stereocenters. The van der Waals surface area contributed by atoms with Crippen molar-refractivity contribution in [3.8, 4) is 18.1 Å². The van der Waals surface area contributed by atoms with Gasteiger partial charge in [0.2, 0.25) is 5.43 Å². The predicted molar refractivity (Wildman–Crippen MR) is 134 cm³/mol. The quantitative estimate of drug-likeness (QED) is 0.330. The molecule has 3 N–H and O–H groups in total. The molecule has 11 heteroatoms. The molecule has 8 nitrogen and oxygen atoms in total. The summed E-state index contributed by atoms with van der Waals surface area (Å²) in [5, 5.41) is 28.6. The van der Waals surface area contributed by atoms with Gasteiger partial charge in [0.25, 0.3) is 5.91 Å². The molecule has 0 radical (unpaired) electrons. The van der Waals surface area contributed by atoms with Crippen LogP contribution >= 0.6 is 11.8 Å². The van der Waals surface area contributed by atoms with Crippen molar-refractivity contribution < 1.29 is 18.7 Å². The number of aromatic nitrogens is 1. The van der Waals surface area contributed by atoms with Crippen molar-refractivity contribution in [2.24, 2.45) is 5.92 Å². The van der Waals surface area contributed by atoms with E-state index in [1.807, 2.05) is 0 Å². The lowest BCUT2D eigenvalue weighted by atomic mass is 9.92. The number of rotatable bonds is 4. The number of nitrogens with zero attached hydrogens (tertiary/aromatic N) is 3. The summed E-state index contributed by atoms with van der Waals surface area (Å²) in [5.74, 6) is -0.376. The molecule has 1 spiro atoms. The molecule has 2 heterocycles. The van der Waals surface area contributed by atoms with E-state index in [9.17, 15) is 23.5 Å². The van der Waals surface area contributed by atoms with Crippen LogP contribution in [0.1, 0.15) is 47.8 Å². The Morgan fingerprint density at radius 2 is 2.06 bits per heavy atom. The number of halogens is 2. The van der Waals surface area contributed by atoms with Crippen molar-refractivity contribution in [1.82, 2.24) is 9.58 Å². The molecule has 1 fully saturated rings. The summed E-state index contributed by atoms with van der Waals surface area (Å²) >= 11 is 0.605. The first kappa shape index (κ1) is 25.4. The van der Waals surface area contributed by atoms with Crippen molar-refractivity contribution in [2.45, 2.75) is 38.3 Å². The van der Waals surface area contributed by atoms with E-state index in [1.54, 1.807) is 23.9 Å². The summed E-state index contributed by atoms with van der Waals surface area (Å²) in [4.78, 5) is 28.0. The number of benzene rings is 1. The minimum atomic E-state index is -0.923. The number of nitrogens with one attached hydrogen (secondary N) is 2. The number of carbonyl (C=O) groups is 1. The first-order chi connectivity index (χ1) is 17.1. The molecule has 4 rings (SSSR count). The number of aromatic hydroxyl groups is 1. The van der Waals surface area contributed by atoms with Crippen molar-refractivity contribution in [1.29, 1.82) is 10.8 Å². The lowest BCUT2D eigenvalue weighted by molar-refractivity contribution is 0.0228. The first-order valence-electron chi connectivity index (χ1n) is 11.4. The molecule has 36 heavy (non-hydrogen) atoms. The maximum Gasteiger partial charge on any atom is 0.278 e. The molecule has 2 aromatic rings. The zero-order chi connectivity index (χ0) is 26.4. The maximum absolute atomic E-state index is 14.0. The van der Waals surface area contributed by atoms with Crippen LogP contribution < -0.4 is 10.4 Å². The van der Waals surface area contributed by atoms with E-state index in [2.05, 4.69) is 5.92 Å². The lowest BCUT2D eigenvalue weighted by Crippen LogP contribution is -2.70. The van der Waals surface area contributed by atoms with Crippen molar-refractivity contribution in [3.63, 3.8) is 0 Å². The van der Waals surface area contributed by atoms with Crippen molar-refractivity contribution in [3.05, 3.63) is 63.1 Å². The average Bonchev–Trinajstić information content (AvgIpc) is 3.25. The van der Waals surface area contributed by atoms with E-state index in [1.165, 1.54) is 16.9 Å². The van der Waals surface area contributed by atoms with Crippen LogP contribution in [0.2, 0.25) is 0 Å². The van der Waals surface area contributed by atoms with Crippen LogP contribution in [0.3, 0.4) is 0 Å². The van der Waals surface area contributed by atoms with E-state index in [0.29, 0.717) is 37.2 Å². The van der Waals surface area contributed by atoms with E-state index in [4.69, 9.17) is 17.2 Å². The molecular weight excluding hydrogens is 488 g/mol. The second kappa shape index (κ2) is 9.43. The van der Waals surface area contributed by atoms with Gasteiger partial charge in [-0.25, -0.2) is 8.78 Å². The van der Waals surface area contributed by atoms with E-state index in [0.717, 1.165) is 12.5 Å². The van der Waals surface area contributed by atoms with Gasteiger partial charge in [0.15, 0.2) is 11.4 Å². The van der Waals surface area contributed by atoms with Gasteiger partial charge in [-0.15, -0.1) is 6.42 Å². The van der Waals surface area contributed by atoms with Gasteiger partial charge in [-0.3, -0.25) is 30.1 Å². The zero-order valence-electron chi connectivity index (χ0n) is 19.8. The summed E-state index contributed by atoms with van der Waals surface area (Å²) in [6.07, 6.45) is 9.01. The second-order valence-electron chi connectivity index (χ2n) is 8.74. The fourth-order valence-corrected chi connectivity index (χ4v) is 5.95. The van der Waals surface area contributed by atoms with Gasteiger partial charge in [0.1, 0.15) is 22.3 Å². The molecule has 1 aliphatic carbocycles. The number of hydrogen-bond donors (Lipinski definition) is 3. The molecule has 0 saturated heterocycles. The predicted octanol–water partition coefficient (Wildman–Crippen LogP) is 3.28. The van der Waals surface area contributed by atoms with Crippen LogP contribution in [0.4, 0.5) is 8.78 Å². The largest absolute Gasteiger partial charge is 0.502 e. The molecule has 2 atom stereocenters. The Bertz CT molecular complexity index is 1380. The Balaban J connectivity index is 1.71. The maximum atomic E-state index is 14.0. The SMILES string of the molecule is C#CC1CCCC12N(CC)C(=O)c1c(O)c(=O)c(C(=N)SC(=N)Cc3ccc(F)cc3F)cn1N2C. The van der Waals surface area contributed by atoms with Gasteiger partial charge in [-0.1, -0.05) is 23.7 Å². The van der Waals surface area contributed by atoms with Gasteiger partial charge < -0.3 is 10.0 Å². The Hall–Kier alpha value is -3.65. The van der Waals surface area contributed by atoms with Crippen LogP contribution in [0, 0.1) is 40.7 Å². The minimum absolute atomic E-state index is 0.0696. The van der Waals surface area contributed by atoms with Crippen LogP contribution in [0.25, 0.3) is 0 Å². The number of terminal acetylenes is 1. The van der Waals surface area contributed by atoms with Crippen molar-refractivity contribution >= 4 is 27.8 Å². The molecule has 188 valence electrons. The number of hydrogen-bond acceptors (Lipinski definition) is 7. The van der Waals surface area contributed by atoms with Crippen LogP contribution in [-0.2, 0) is 6.42 Å². The molecule has 0 bridgehead atoms. The summed E-state index contributed by atoms with van der Waals surface area (Å²) in [7, 11) is 1.72. The van der Waals surface area contributed by atoms with Gasteiger partial charge in [-0.05, 0) is 37.8 Å². The highest BCUT2D eigenvalue weighted by atomic mass is 32.2. The highest BCUT2D eigenvalue weighted by molar-refractivity contribution is 8.26. The third-order valence-corrected chi connectivity index (χ3v) is 7.73. The molecule has 1 amide bonds. The molecule has 1 aromatic heterocycles. The Kier molecular flexibility index (Phi) is 6.66. The standard InChI is InChI=1S/C25H25F2N5O3S/c1-4-15-7-6-10-25(15)30(3)32-13-17(21(33)22(34)20(32)24(35)31(25)5-2)23(29)36-19(28)11-14-8-9-16(26)12-18(14)27/h1,8-9,12-13,15,28-29,34H,5-7,10-11H2,2-3H3. The Morgan fingerprint density at radius 1 is 1.33 bits per heavy atom. The molecule has 2 aliphatic rings. The van der Waals surface area contributed by atoms with E-state index >= 15 is 0 Å². The fraction of sp³-hybridized carbons (Fsp3) is 0.360. The number of carbonyl (C=O) groups excluding carboxylic acids is 1. The van der Waals surface area contributed by atoms with E-state index in [-0.39, 0.29) is 39.2 Å². The summed E-state index contributed by atoms with van der Waals surface area (Å²) < 4.78 is 28.5. The molecule has 1 aliphatic heterocycles. The van der Waals surface area contributed by atoms with Crippen LogP contribution in [0.15, 0.2) is 29.2 Å². The third-order valence-electron chi connectivity index (χ3n) is 6.91. The van der Waals surface area contributed by atoms with Gasteiger partial charge in [0.05, 0.1) is 16.5 Å². The number of fused-ring (bicyclic) bond motifs is 1. The van der Waals surface area contributed by atoms with Gasteiger partial charge in [-0.2, -0.15) is 0 Å². The zero-order valence-corrected chi connectivity index (χ0v) is 20.6. The number of amides is 1. The Labute approximate surface area is 210 Å². The van der Waals surface area contributed by atoms with Crippen molar-refractivity contribution in [2.75, 3.05) is 18.6 Å². The molecule has 1 saturated carbocycles. The minimum Gasteiger partial charge on any atom is -0.502 e. The van der Waals surface area contributed by atoms with Crippen LogP contribution in [-0.4, -0.2) is 49.9 Å². The second-order valence-corrected chi connectivity index (χ2v) is 9.85. The first-order valence-corrected chi connectivity index (χ1v) is 12.2. The topological polar surface area (TPSA) is 113 Å². The molecule has 1 aromatic carbocycles. The number of thioether (sulfide) groups is 1. The summed E-state index contributed by atoms with van der Waals surface area (Å²) in [6.45, 7) is 2.12. The highest BCUT2D eigenvalue weighted by Gasteiger charge is 2.55. The summed E-state index contributed by atoms with van der Waals surface area (Å²) in [6, 6.07) is 3.00. The Morgan fingerprint density at radius 3 is 2.69 bits per heavy atom. The smallest absolute Gasteiger partial charge is 0.278 e.